The van der Waals surface area contributed by atoms with Gasteiger partial charge in [-0.05, 0) is 47.4 Å². The molecule has 2 saturated heterocycles. The molecule has 184 valence electrons. The molecule has 2 amide bonds. The summed E-state index contributed by atoms with van der Waals surface area (Å²) in [4.78, 5) is 33.8. The molecular formula is C27H38N4O3. The number of likely N-dealkylation sites (tertiary alicyclic amines) is 1. The number of rotatable bonds is 7. The van der Waals surface area contributed by atoms with Crippen LogP contribution in [-0.4, -0.2) is 97.9 Å². The first-order chi connectivity index (χ1) is 16.5. The molecule has 0 unspecified atom stereocenters. The summed E-state index contributed by atoms with van der Waals surface area (Å²) in [5.74, 6) is 1.24. The predicted molar refractivity (Wildman–Crippen MR) is 135 cm³/mol. The summed E-state index contributed by atoms with van der Waals surface area (Å²) in [6.45, 7) is 6.66. The van der Waals surface area contributed by atoms with E-state index in [-0.39, 0.29) is 11.8 Å². The molecule has 4 rings (SSSR count). The van der Waals surface area contributed by atoms with Crippen molar-refractivity contribution in [2.75, 3.05) is 66.5 Å². The van der Waals surface area contributed by atoms with Crippen LogP contribution in [0.4, 0.5) is 0 Å². The van der Waals surface area contributed by atoms with Crippen LogP contribution in [0, 0.1) is 0 Å². The highest BCUT2D eigenvalue weighted by Gasteiger charge is 2.24. The van der Waals surface area contributed by atoms with Crippen LogP contribution in [0.3, 0.4) is 0 Å². The van der Waals surface area contributed by atoms with Crippen LogP contribution in [0.1, 0.15) is 31.2 Å². The monoisotopic (exact) mass is 466 g/mol. The fourth-order valence-electron chi connectivity index (χ4n) is 4.89. The normalized spacial score (nSPS) is 18.0. The third-order valence-electron chi connectivity index (χ3n) is 7.10. The summed E-state index contributed by atoms with van der Waals surface area (Å²) < 4.78 is 5.30. The van der Waals surface area contributed by atoms with E-state index in [4.69, 9.17) is 4.74 Å². The first kappa shape index (κ1) is 24.5. The predicted octanol–water partition coefficient (Wildman–Crippen LogP) is 2.83. The number of fused-ring (bicyclic) bond motifs is 1. The second-order valence-corrected chi connectivity index (χ2v) is 9.64. The number of hydrogen-bond acceptors (Lipinski definition) is 5. The van der Waals surface area contributed by atoms with E-state index in [9.17, 15) is 9.59 Å². The number of carbonyl (C=O) groups is 2. The van der Waals surface area contributed by atoms with Gasteiger partial charge in [0.15, 0.2) is 0 Å². The van der Waals surface area contributed by atoms with Crippen molar-refractivity contribution in [2.24, 2.45) is 0 Å². The smallest absolute Gasteiger partial charge is 0.236 e. The Labute approximate surface area is 203 Å². The van der Waals surface area contributed by atoms with Gasteiger partial charge in [-0.2, -0.15) is 0 Å². The summed E-state index contributed by atoms with van der Waals surface area (Å²) in [7, 11) is 3.54. The number of benzene rings is 2. The van der Waals surface area contributed by atoms with E-state index in [1.165, 1.54) is 12.8 Å². The minimum Gasteiger partial charge on any atom is -0.497 e. The lowest BCUT2D eigenvalue weighted by Gasteiger charge is -2.35. The molecule has 0 saturated carbocycles. The van der Waals surface area contributed by atoms with E-state index in [2.05, 4.69) is 34.1 Å². The molecule has 0 atom stereocenters. The lowest BCUT2D eigenvalue weighted by Crippen LogP contribution is -2.52. The average Bonchev–Trinajstić information content (AvgIpc) is 3.14. The zero-order valence-corrected chi connectivity index (χ0v) is 20.7. The van der Waals surface area contributed by atoms with E-state index in [1.807, 2.05) is 24.1 Å². The van der Waals surface area contributed by atoms with Gasteiger partial charge in [-0.15, -0.1) is 0 Å². The number of piperazine rings is 1. The van der Waals surface area contributed by atoms with Crippen molar-refractivity contribution in [1.29, 1.82) is 0 Å². The molecular weight excluding hydrogens is 428 g/mol. The summed E-state index contributed by atoms with van der Waals surface area (Å²) in [5, 5.41) is 2.27. The average molecular weight is 467 g/mol. The van der Waals surface area contributed by atoms with Gasteiger partial charge in [-0.25, -0.2) is 0 Å². The maximum absolute atomic E-state index is 12.9. The fraction of sp³-hybridized carbons (Fsp3) is 0.556. The minimum atomic E-state index is 0.129. The van der Waals surface area contributed by atoms with Crippen LogP contribution >= 0.6 is 0 Å². The van der Waals surface area contributed by atoms with Gasteiger partial charge < -0.3 is 14.5 Å². The molecule has 0 N–H and O–H groups in total. The molecule has 2 aromatic rings. The summed E-state index contributed by atoms with van der Waals surface area (Å²) in [6, 6.07) is 12.3. The van der Waals surface area contributed by atoms with Gasteiger partial charge in [0.2, 0.25) is 11.8 Å². The standard InChI is InChI=1S/C27H38N4O3/c1-28(19-22-7-8-24-18-25(34-2)10-9-23(24)17-22)26(32)20-29-13-15-30(16-14-29)21-27(33)31-11-5-3-4-6-12-31/h7-10,17-18H,3-6,11-16,19-21H2,1-2H3. The van der Waals surface area contributed by atoms with Gasteiger partial charge >= 0.3 is 0 Å². The van der Waals surface area contributed by atoms with Crippen LogP contribution in [0.25, 0.3) is 10.8 Å². The first-order valence-electron chi connectivity index (χ1n) is 12.5. The number of hydrogen-bond donors (Lipinski definition) is 0. The van der Waals surface area contributed by atoms with Crippen LogP contribution in [0.5, 0.6) is 5.75 Å². The van der Waals surface area contributed by atoms with Gasteiger partial charge in [0, 0.05) is 52.9 Å². The first-order valence-corrected chi connectivity index (χ1v) is 12.5. The van der Waals surface area contributed by atoms with Crippen molar-refractivity contribution in [3.63, 3.8) is 0 Å². The van der Waals surface area contributed by atoms with E-state index in [1.54, 1.807) is 12.0 Å². The Bertz CT molecular complexity index is 979. The van der Waals surface area contributed by atoms with Crippen LogP contribution in [-0.2, 0) is 16.1 Å². The quantitative estimate of drug-likeness (QED) is 0.628. The number of carbonyl (C=O) groups excluding carboxylic acids is 2. The zero-order valence-electron chi connectivity index (χ0n) is 20.7. The summed E-state index contributed by atoms with van der Waals surface area (Å²) in [6.07, 6.45) is 4.73. The van der Waals surface area contributed by atoms with Crippen molar-refractivity contribution in [3.8, 4) is 5.75 Å². The van der Waals surface area contributed by atoms with Crippen molar-refractivity contribution in [1.82, 2.24) is 19.6 Å². The van der Waals surface area contributed by atoms with Crippen LogP contribution in [0.2, 0.25) is 0 Å². The van der Waals surface area contributed by atoms with E-state index in [0.29, 0.717) is 19.6 Å². The van der Waals surface area contributed by atoms with Gasteiger partial charge in [-0.1, -0.05) is 31.0 Å². The van der Waals surface area contributed by atoms with Crippen LogP contribution in [0.15, 0.2) is 36.4 Å². The fourth-order valence-corrected chi connectivity index (χ4v) is 4.89. The van der Waals surface area contributed by atoms with Gasteiger partial charge in [0.05, 0.1) is 20.2 Å². The molecule has 2 fully saturated rings. The third-order valence-corrected chi connectivity index (χ3v) is 7.10. The highest BCUT2D eigenvalue weighted by molar-refractivity contribution is 5.85. The highest BCUT2D eigenvalue weighted by atomic mass is 16.5. The van der Waals surface area contributed by atoms with E-state index in [0.717, 1.165) is 74.2 Å². The van der Waals surface area contributed by atoms with Crippen LogP contribution < -0.4 is 4.74 Å². The molecule has 0 bridgehead atoms. The largest absolute Gasteiger partial charge is 0.497 e. The number of nitrogens with zero attached hydrogens (tertiary/aromatic N) is 4. The van der Waals surface area contributed by atoms with Crippen molar-refractivity contribution >= 4 is 22.6 Å². The second kappa shape index (κ2) is 11.7. The molecule has 2 aromatic carbocycles. The number of ether oxygens (including phenoxy) is 1. The molecule has 2 aliphatic rings. The second-order valence-electron chi connectivity index (χ2n) is 9.64. The highest BCUT2D eigenvalue weighted by Crippen LogP contribution is 2.22. The lowest BCUT2D eigenvalue weighted by molar-refractivity contribution is -0.134. The molecule has 0 radical (unpaired) electrons. The zero-order chi connectivity index (χ0) is 23.9. The topological polar surface area (TPSA) is 56.3 Å². The Morgan fingerprint density at radius 2 is 1.44 bits per heavy atom. The molecule has 7 nitrogen and oxygen atoms in total. The number of amides is 2. The Morgan fingerprint density at radius 3 is 2.12 bits per heavy atom. The molecule has 2 aliphatic heterocycles. The van der Waals surface area contributed by atoms with Gasteiger partial charge in [0.25, 0.3) is 0 Å². The molecule has 2 heterocycles. The maximum atomic E-state index is 12.9. The van der Waals surface area contributed by atoms with Crippen molar-refractivity contribution in [3.05, 3.63) is 42.0 Å². The van der Waals surface area contributed by atoms with E-state index < -0.39 is 0 Å². The maximum Gasteiger partial charge on any atom is 0.236 e. The number of methoxy groups -OCH3 is 1. The molecule has 0 aromatic heterocycles. The van der Waals surface area contributed by atoms with Gasteiger partial charge in [0.1, 0.15) is 5.75 Å². The Morgan fingerprint density at radius 1 is 0.824 bits per heavy atom. The van der Waals surface area contributed by atoms with Crippen molar-refractivity contribution in [2.45, 2.75) is 32.2 Å². The molecule has 0 aliphatic carbocycles. The Kier molecular flexibility index (Phi) is 8.40. The van der Waals surface area contributed by atoms with Gasteiger partial charge in [-0.3, -0.25) is 19.4 Å². The third kappa shape index (κ3) is 6.48. The minimum absolute atomic E-state index is 0.129. The Balaban J connectivity index is 1.22. The molecule has 34 heavy (non-hydrogen) atoms. The lowest BCUT2D eigenvalue weighted by atomic mass is 10.1. The molecule has 0 spiro atoms. The summed E-state index contributed by atoms with van der Waals surface area (Å²) in [5.41, 5.74) is 1.12. The SMILES string of the molecule is COc1ccc2cc(CN(C)C(=O)CN3CCN(CC(=O)N4CCCCCC4)CC3)ccc2c1. The van der Waals surface area contributed by atoms with E-state index >= 15 is 0 Å². The Hall–Kier alpha value is -2.64. The van der Waals surface area contributed by atoms with Crippen molar-refractivity contribution < 1.29 is 14.3 Å². The molecule has 7 heteroatoms. The summed E-state index contributed by atoms with van der Waals surface area (Å²) >= 11 is 0. The number of likely N-dealkylation sites (N-methyl/N-ethyl adjacent to an activating group) is 1.